The molecule has 1 fully saturated rings. The zero-order valence-electron chi connectivity index (χ0n) is 29.3. The van der Waals surface area contributed by atoms with E-state index in [2.05, 4.69) is 27.4 Å². The Morgan fingerprint density at radius 1 is 1.10 bits per heavy atom. The molecule has 0 radical (unpaired) electrons. The maximum absolute atomic E-state index is 13.9. The summed E-state index contributed by atoms with van der Waals surface area (Å²) in [5.74, 6) is -0.437. The van der Waals surface area contributed by atoms with Crippen LogP contribution in [0.1, 0.15) is 37.0 Å². The summed E-state index contributed by atoms with van der Waals surface area (Å²) >= 11 is 1.44. The van der Waals surface area contributed by atoms with Gasteiger partial charge in [0.15, 0.2) is 0 Å². The Morgan fingerprint density at radius 3 is 2.63 bits per heavy atom. The third-order valence-corrected chi connectivity index (χ3v) is 9.97. The van der Waals surface area contributed by atoms with E-state index in [-0.39, 0.29) is 17.0 Å². The molecule has 5 aromatic rings. The van der Waals surface area contributed by atoms with Gasteiger partial charge < -0.3 is 24.6 Å². The molecule has 2 amide bonds. The molecule has 51 heavy (non-hydrogen) atoms. The number of pyridine rings is 2. The third kappa shape index (κ3) is 7.95. The molecule has 1 saturated heterocycles. The lowest BCUT2D eigenvalue weighted by atomic mass is 9.97. The second-order valence-corrected chi connectivity index (χ2v) is 13.6. The molecular weight excluding hydrogens is 667 g/mol. The molecule has 3 N–H and O–H groups in total. The van der Waals surface area contributed by atoms with Crippen molar-refractivity contribution in [2.75, 3.05) is 52.2 Å². The normalized spacial score (nSPS) is 14.6. The van der Waals surface area contributed by atoms with Crippen LogP contribution in [-0.4, -0.2) is 94.4 Å². The average molecular weight is 710 g/mol. The topological polar surface area (TPSA) is 142 Å². The van der Waals surface area contributed by atoms with Gasteiger partial charge in [0.1, 0.15) is 28.7 Å². The molecular formula is C38H43N7O5S. The fraction of sp³-hybridized carbons (Fsp3) is 0.342. The van der Waals surface area contributed by atoms with Gasteiger partial charge >= 0.3 is 12.0 Å². The standard InChI is InChI=1S/C38H43N7O5S/c1-5-39-38(49)42-34-18-27(36-41-31(23-51-36)24-11-8-7-9-12-24)29(20-40-34)26-17-28-32(19-33(26)50-16-15-43(3)4)45(22-30(35(28)46)37(47)48)21-25-13-10-14-44(25)6-2/h7-9,11-12,17-20,22-23,25H,5-6,10,13-16,21H2,1-4H3,(H,47,48)(H2,39,40,42,49)/t25-/m0/s1. The lowest BCUT2D eigenvalue weighted by molar-refractivity contribution is 0.0694. The van der Waals surface area contributed by atoms with Crippen molar-refractivity contribution in [2.24, 2.45) is 0 Å². The van der Waals surface area contributed by atoms with E-state index in [4.69, 9.17) is 9.72 Å². The first-order valence-electron chi connectivity index (χ1n) is 17.2. The minimum Gasteiger partial charge on any atom is -0.492 e. The number of carbonyl (C=O) groups is 2. The Bertz CT molecular complexity index is 2100. The fourth-order valence-corrected chi connectivity index (χ4v) is 7.37. The number of anilines is 1. The van der Waals surface area contributed by atoms with Crippen molar-refractivity contribution < 1.29 is 19.4 Å². The number of ether oxygens (including phenoxy) is 1. The molecule has 0 spiro atoms. The number of carboxylic acids is 1. The van der Waals surface area contributed by atoms with Crippen molar-refractivity contribution >= 4 is 40.1 Å². The molecule has 0 saturated carbocycles. The van der Waals surface area contributed by atoms with E-state index in [0.29, 0.717) is 65.0 Å². The molecule has 266 valence electrons. The first kappa shape index (κ1) is 35.7. The van der Waals surface area contributed by atoms with Gasteiger partial charge in [-0.1, -0.05) is 37.3 Å². The van der Waals surface area contributed by atoms with Gasteiger partial charge in [-0.25, -0.2) is 19.6 Å². The Hall–Kier alpha value is -5.11. The number of carbonyl (C=O) groups excluding carboxylic acids is 1. The Morgan fingerprint density at radius 2 is 1.90 bits per heavy atom. The van der Waals surface area contributed by atoms with Gasteiger partial charge in [-0.15, -0.1) is 11.3 Å². The number of benzene rings is 2. The number of hydrogen-bond acceptors (Lipinski definition) is 9. The second-order valence-electron chi connectivity index (χ2n) is 12.8. The van der Waals surface area contributed by atoms with Crippen LogP contribution in [0, 0.1) is 0 Å². The van der Waals surface area contributed by atoms with Crippen molar-refractivity contribution in [3.05, 3.63) is 82.1 Å². The number of nitrogens with one attached hydrogen (secondary N) is 2. The number of aromatic nitrogens is 3. The summed E-state index contributed by atoms with van der Waals surface area (Å²) < 4.78 is 8.37. The zero-order valence-corrected chi connectivity index (χ0v) is 30.1. The van der Waals surface area contributed by atoms with E-state index in [1.807, 2.05) is 72.3 Å². The van der Waals surface area contributed by atoms with Crippen LogP contribution in [0.4, 0.5) is 10.6 Å². The maximum atomic E-state index is 13.9. The van der Waals surface area contributed by atoms with Crippen LogP contribution in [0.3, 0.4) is 0 Å². The minimum atomic E-state index is -1.28. The minimum absolute atomic E-state index is 0.213. The largest absolute Gasteiger partial charge is 0.492 e. The van der Waals surface area contributed by atoms with Crippen LogP contribution < -0.4 is 20.8 Å². The van der Waals surface area contributed by atoms with Gasteiger partial charge in [0.25, 0.3) is 0 Å². The highest BCUT2D eigenvalue weighted by atomic mass is 32.1. The van der Waals surface area contributed by atoms with Crippen molar-refractivity contribution in [3.63, 3.8) is 0 Å². The van der Waals surface area contributed by atoms with Crippen LogP contribution in [0.5, 0.6) is 5.75 Å². The highest BCUT2D eigenvalue weighted by Crippen LogP contribution is 2.42. The number of thiazole rings is 1. The van der Waals surface area contributed by atoms with Gasteiger partial charge in [0.05, 0.1) is 11.2 Å². The quantitative estimate of drug-likeness (QED) is 0.132. The summed E-state index contributed by atoms with van der Waals surface area (Å²) in [6.07, 6.45) is 5.16. The number of rotatable bonds is 13. The molecule has 0 bridgehead atoms. The molecule has 2 aromatic carbocycles. The lowest BCUT2D eigenvalue weighted by Gasteiger charge is -2.25. The molecule has 3 aromatic heterocycles. The highest BCUT2D eigenvalue weighted by molar-refractivity contribution is 7.13. The number of hydrogen-bond donors (Lipinski definition) is 3. The molecule has 12 nitrogen and oxygen atoms in total. The summed E-state index contributed by atoms with van der Waals surface area (Å²) in [6, 6.07) is 15.0. The molecule has 0 unspecified atom stereocenters. The molecule has 13 heteroatoms. The summed E-state index contributed by atoms with van der Waals surface area (Å²) in [7, 11) is 3.93. The van der Waals surface area contributed by atoms with Gasteiger partial charge in [-0.05, 0) is 59.1 Å². The van der Waals surface area contributed by atoms with Crippen molar-refractivity contribution in [1.29, 1.82) is 0 Å². The summed E-state index contributed by atoms with van der Waals surface area (Å²) in [4.78, 5) is 52.8. The molecule has 1 atom stereocenters. The monoisotopic (exact) mass is 709 g/mol. The van der Waals surface area contributed by atoms with Crippen LogP contribution in [0.2, 0.25) is 0 Å². The first-order valence-corrected chi connectivity index (χ1v) is 18.1. The predicted molar refractivity (Wildman–Crippen MR) is 202 cm³/mol. The maximum Gasteiger partial charge on any atom is 0.341 e. The Balaban J connectivity index is 1.56. The van der Waals surface area contributed by atoms with Crippen molar-refractivity contribution in [2.45, 2.75) is 39.3 Å². The van der Waals surface area contributed by atoms with Crippen LogP contribution >= 0.6 is 11.3 Å². The number of nitrogens with zero attached hydrogens (tertiary/aromatic N) is 5. The number of likely N-dealkylation sites (N-methyl/N-ethyl adjacent to an activating group) is 2. The van der Waals surface area contributed by atoms with E-state index in [0.717, 1.165) is 37.2 Å². The van der Waals surface area contributed by atoms with Crippen LogP contribution in [-0.2, 0) is 6.54 Å². The summed E-state index contributed by atoms with van der Waals surface area (Å²) in [5.41, 5.74) is 3.33. The average Bonchev–Trinajstić information content (AvgIpc) is 3.80. The lowest BCUT2D eigenvalue weighted by Crippen LogP contribution is -2.33. The van der Waals surface area contributed by atoms with Gasteiger partial charge in [-0.3, -0.25) is 15.0 Å². The van der Waals surface area contributed by atoms with Crippen molar-refractivity contribution in [1.82, 2.24) is 29.7 Å². The summed E-state index contributed by atoms with van der Waals surface area (Å²) in [6.45, 7) is 7.82. The van der Waals surface area contributed by atoms with E-state index < -0.39 is 17.4 Å². The molecule has 1 aliphatic heterocycles. The van der Waals surface area contributed by atoms with E-state index in [9.17, 15) is 19.5 Å². The molecule has 6 rings (SSSR count). The number of fused-ring (bicyclic) bond motifs is 1. The smallest absolute Gasteiger partial charge is 0.341 e. The van der Waals surface area contributed by atoms with E-state index in [1.165, 1.54) is 17.5 Å². The van der Waals surface area contributed by atoms with Gasteiger partial charge in [-0.2, -0.15) is 0 Å². The number of amides is 2. The molecule has 1 aliphatic rings. The van der Waals surface area contributed by atoms with Crippen LogP contribution in [0.25, 0.3) is 43.9 Å². The number of aromatic carboxylic acids is 1. The predicted octanol–water partition coefficient (Wildman–Crippen LogP) is 6.12. The third-order valence-electron chi connectivity index (χ3n) is 9.10. The summed E-state index contributed by atoms with van der Waals surface area (Å²) in [5, 5.41) is 18.6. The number of likely N-dealkylation sites (tertiary alicyclic amines) is 1. The SMILES string of the molecule is CCNC(=O)Nc1cc(-c2nc(-c3ccccc3)cs2)c(-c2cc3c(=O)c(C(=O)O)cn(C[C@@H]4CCCN4CC)c3cc2OCCN(C)C)cn1. The zero-order chi connectivity index (χ0) is 36.1. The van der Waals surface area contributed by atoms with E-state index in [1.54, 1.807) is 18.3 Å². The first-order chi connectivity index (χ1) is 24.7. The Labute approximate surface area is 300 Å². The van der Waals surface area contributed by atoms with E-state index >= 15 is 0 Å². The highest BCUT2D eigenvalue weighted by Gasteiger charge is 2.26. The fourth-order valence-electron chi connectivity index (χ4n) is 6.51. The molecule has 0 aliphatic carbocycles. The van der Waals surface area contributed by atoms with Crippen LogP contribution in [0.15, 0.2) is 71.1 Å². The van der Waals surface area contributed by atoms with Crippen molar-refractivity contribution in [3.8, 4) is 38.7 Å². The number of urea groups is 1. The molecule has 4 heterocycles. The van der Waals surface area contributed by atoms with Gasteiger partial charge in [0.2, 0.25) is 5.43 Å². The number of carboxylic acid groups (broad SMARTS) is 1. The van der Waals surface area contributed by atoms with Gasteiger partial charge in [0, 0.05) is 77.2 Å². The second kappa shape index (κ2) is 15.8. The Kier molecular flexibility index (Phi) is 11.1.